The zero-order chi connectivity index (χ0) is 15.2. The molecule has 0 amide bonds. The van der Waals surface area contributed by atoms with Gasteiger partial charge in [-0.3, -0.25) is 0 Å². The van der Waals surface area contributed by atoms with Crippen LogP contribution >= 0.6 is 0 Å². The van der Waals surface area contributed by atoms with Crippen molar-refractivity contribution in [1.29, 1.82) is 0 Å². The maximum atomic E-state index is 14.0. The summed E-state index contributed by atoms with van der Waals surface area (Å²) in [5.74, 6) is -3.69. The van der Waals surface area contributed by atoms with Gasteiger partial charge in [0.25, 0.3) is 0 Å². The highest BCUT2D eigenvalue weighted by Gasteiger charge is 2.20. The summed E-state index contributed by atoms with van der Waals surface area (Å²) in [7, 11) is 0. The number of hydrogen-bond acceptors (Lipinski definition) is 1. The number of nitrogens with one attached hydrogen (secondary N) is 1. The van der Waals surface area contributed by atoms with Crippen LogP contribution in [0.2, 0.25) is 0 Å². The van der Waals surface area contributed by atoms with Gasteiger partial charge in [-0.1, -0.05) is 43.3 Å². The van der Waals surface area contributed by atoms with E-state index in [9.17, 15) is 13.2 Å². The Kier molecular flexibility index (Phi) is 5.39. The molecule has 2 rings (SSSR count). The van der Waals surface area contributed by atoms with E-state index in [0.717, 1.165) is 18.1 Å². The van der Waals surface area contributed by atoms with Gasteiger partial charge in [-0.25, -0.2) is 13.2 Å². The zero-order valence-corrected chi connectivity index (χ0v) is 11.9. The van der Waals surface area contributed by atoms with E-state index in [2.05, 4.69) is 5.32 Å². The first-order valence-electron chi connectivity index (χ1n) is 7.04. The third-order valence-electron chi connectivity index (χ3n) is 3.36. The van der Waals surface area contributed by atoms with E-state index < -0.39 is 17.5 Å². The molecule has 0 saturated heterocycles. The number of rotatable bonds is 6. The Morgan fingerprint density at radius 1 is 0.952 bits per heavy atom. The first-order chi connectivity index (χ1) is 10.1. The first-order valence-corrected chi connectivity index (χ1v) is 7.04. The van der Waals surface area contributed by atoms with Crippen molar-refractivity contribution in [1.82, 2.24) is 5.32 Å². The van der Waals surface area contributed by atoms with Crippen molar-refractivity contribution in [2.24, 2.45) is 0 Å². The summed E-state index contributed by atoms with van der Waals surface area (Å²) < 4.78 is 40.5. The minimum atomic E-state index is -1.41. The van der Waals surface area contributed by atoms with Crippen LogP contribution in [0.1, 0.15) is 30.5 Å². The monoisotopic (exact) mass is 293 g/mol. The van der Waals surface area contributed by atoms with Gasteiger partial charge in [-0.15, -0.1) is 0 Å². The number of halogens is 3. The third kappa shape index (κ3) is 3.85. The van der Waals surface area contributed by atoms with Crippen LogP contribution in [-0.2, 0) is 6.42 Å². The average molecular weight is 293 g/mol. The third-order valence-corrected chi connectivity index (χ3v) is 3.36. The van der Waals surface area contributed by atoms with Crippen molar-refractivity contribution >= 4 is 0 Å². The van der Waals surface area contributed by atoms with Gasteiger partial charge in [0.05, 0.1) is 0 Å². The average Bonchev–Trinajstić information content (AvgIpc) is 2.51. The molecule has 0 aromatic heterocycles. The van der Waals surface area contributed by atoms with Crippen LogP contribution in [0.3, 0.4) is 0 Å². The summed E-state index contributed by atoms with van der Waals surface area (Å²) in [5.41, 5.74) is 1.17. The molecule has 1 atom stereocenters. The van der Waals surface area contributed by atoms with Crippen LogP contribution in [0.25, 0.3) is 0 Å². The molecule has 0 aliphatic rings. The van der Waals surface area contributed by atoms with E-state index in [1.165, 1.54) is 6.07 Å². The Balaban J connectivity index is 2.29. The van der Waals surface area contributed by atoms with Crippen molar-refractivity contribution in [3.8, 4) is 0 Å². The summed E-state index contributed by atoms with van der Waals surface area (Å²) in [5, 5.41) is 3.19. The van der Waals surface area contributed by atoms with Gasteiger partial charge in [-0.05, 0) is 31.0 Å². The van der Waals surface area contributed by atoms with E-state index in [0.29, 0.717) is 13.0 Å². The highest BCUT2D eigenvalue weighted by molar-refractivity contribution is 5.26. The lowest BCUT2D eigenvalue weighted by Crippen LogP contribution is -2.25. The van der Waals surface area contributed by atoms with Crippen LogP contribution < -0.4 is 5.32 Å². The maximum absolute atomic E-state index is 14.0. The van der Waals surface area contributed by atoms with E-state index in [4.69, 9.17) is 0 Å². The molecular formula is C17H18F3N. The molecule has 0 saturated carbocycles. The second-order valence-corrected chi connectivity index (χ2v) is 4.96. The zero-order valence-electron chi connectivity index (χ0n) is 11.9. The summed E-state index contributed by atoms with van der Waals surface area (Å²) in [6.07, 6.45) is 1.39. The summed E-state index contributed by atoms with van der Waals surface area (Å²) in [6, 6.07) is 11.4. The molecule has 1 unspecified atom stereocenters. The van der Waals surface area contributed by atoms with Crippen molar-refractivity contribution < 1.29 is 13.2 Å². The van der Waals surface area contributed by atoms with Crippen molar-refractivity contribution in [2.45, 2.75) is 25.8 Å². The molecule has 112 valence electrons. The minimum absolute atomic E-state index is 0.159. The summed E-state index contributed by atoms with van der Waals surface area (Å²) >= 11 is 0. The lowest BCUT2D eigenvalue weighted by molar-refractivity contribution is 0.423. The molecule has 0 radical (unpaired) electrons. The Labute approximate surface area is 122 Å². The fourth-order valence-electron chi connectivity index (χ4n) is 2.27. The van der Waals surface area contributed by atoms with Gasteiger partial charge in [0.1, 0.15) is 0 Å². The Hall–Kier alpha value is -1.81. The molecule has 4 heteroatoms. The molecule has 0 heterocycles. The predicted molar refractivity (Wildman–Crippen MR) is 77.5 cm³/mol. The van der Waals surface area contributed by atoms with Gasteiger partial charge in [0, 0.05) is 11.6 Å². The first kappa shape index (κ1) is 15.6. The molecule has 1 N–H and O–H groups in total. The van der Waals surface area contributed by atoms with Crippen molar-refractivity contribution in [2.75, 3.05) is 6.54 Å². The molecule has 21 heavy (non-hydrogen) atoms. The van der Waals surface area contributed by atoms with Crippen molar-refractivity contribution in [3.05, 3.63) is 71.0 Å². The second kappa shape index (κ2) is 7.27. The number of benzene rings is 2. The SMILES string of the molecule is CCCNC(Cc1ccccc1)c1ccc(F)c(F)c1F. The normalized spacial score (nSPS) is 12.4. The lowest BCUT2D eigenvalue weighted by Gasteiger charge is -2.20. The molecule has 0 bridgehead atoms. The van der Waals surface area contributed by atoms with Crippen LogP contribution in [0.15, 0.2) is 42.5 Å². The van der Waals surface area contributed by atoms with Gasteiger partial charge < -0.3 is 5.32 Å². The molecule has 0 aliphatic heterocycles. The van der Waals surface area contributed by atoms with E-state index in [1.54, 1.807) is 0 Å². The quantitative estimate of drug-likeness (QED) is 0.779. The maximum Gasteiger partial charge on any atom is 0.194 e. The standard InChI is InChI=1S/C17H18F3N/c1-2-10-21-15(11-12-6-4-3-5-7-12)13-8-9-14(18)17(20)16(13)19/h3-9,15,21H,2,10-11H2,1H3. The largest absolute Gasteiger partial charge is 0.310 e. The Morgan fingerprint density at radius 2 is 1.67 bits per heavy atom. The second-order valence-electron chi connectivity index (χ2n) is 4.96. The van der Waals surface area contributed by atoms with Crippen LogP contribution in [-0.4, -0.2) is 6.54 Å². The summed E-state index contributed by atoms with van der Waals surface area (Å²) in [6.45, 7) is 2.67. The topological polar surface area (TPSA) is 12.0 Å². The molecule has 2 aromatic carbocycles. The smallest absolute Gasteiger partial charge is 0.194 e. The van der Waals surface area contributed by atoms with Gasteiger partial charge in [0.15, 0.2) is 17.5 Å². The molecule has 0 spiro atoms. The van der Waals surface area contributed by atoms with Gasteiger partial charge >= 0.3 is 0 Å². The number of hydrogen-bond donors (Lipinski definition) is 1. The Bertz CT molecular complexity index is 584. The summed E-state index contributed by atoms with van der Waals surface area (Å²) in [4.78, 5) is 0. The minimum Gasteiger partial charge on any atom is -0.310 e. The predicted octanol–water partition coefficient (Wildman–Crippen LogP) is 4.39. The highest BCUT2D eigenvalue weighted by Crippen LogP contribution is 2.24. The van der Waals surface area contributed by atoms with Gasteiger partial charge in [-0.2, -0.15) is 0 Å². The molecular weight excluding hydrogens is 275 g/mol. The molecule has 1 nitrogen and oxygen atoms in total. The van der Waals surface area contributed by atoms with Crippen LogP contribution in [0, 0.1) is 17.5 Å². The van der Waals surface area contributed by atoms with Gasteiger partial charge in [0.2, 0.25) is 0 Å². The van der Waals surface area contributed by atoms with E-state index >= 15 is 0 Å². The van der Waals surface area contributed by atoms with Crippen molar-refractivity contribution in [3.63, 3.8) is 0 Å². The lowest BCUT2D eigenvalue weighted by atomic mass is 9.98. The van der Waals surface area contributed by atoms with E-state index in [-0.39, 0.29) is 11.6 Å². The fraction of sp³-hybridized carbons (Fsp3) is 0.294. The van der Waals surface area contributed by atoms with E-state index in [1.807, 2.05) is 37.3 Å². The molecule has 0 fully saturated rings. The van der Waals surface area contributed by atoms with Crippen LogP contribution in [0.4, 0.5) is 13.2 Å². The molecule has 0 aliphatic carbocycles. The fourth-order valence-corrected chi connectivity index (χ4v) is 2.27. The molecule has 2 aromatic rings. The Morgan fingerprint density at radius 3 is 2.33 bits per heavy atom. The van der Waals surface area contributed by atoms with Crippen LogP contribution in [0.5, 0.6) is 0 Å². The highest BCUT2D eigenvalue weighted by atomic mass is 19.2.